The van der Waals surface area contributed by atoms with E-state index in [2.05, 4.69) is 0 Å². The summed E-state index contributed by atoms with van der Waals surface area (Å²) >= 11 is 0. The van der Waals surface area contributed by atoms with E-state index in [1.807, 2.05) is 0 Å². The summed E-state index contributed by atoms with van der Waals surface area (Å²) in [5, 5.41) is 33.3. The zero-order valence-electron chi connectivity index (χ0n) is 4.80. The minimum Gasteiger partial charge on any atom is -0.652 e. The van der Waals surface area contributed by atoms with Crippen molar-refractivity contribution in [1.29, 1.82) is 0 Å². The van der Waals surface area contributed by atoms with Gasteiger partial charge in [0.1, 0.15) is 0 Å². The quantitative estimate of drug-likeness (QED) is 0.381. The molecule has 0 aromatic heterocycles. The molecule has 0 aliphatic heterocycles. The van der Waals surface area contributed by atoms with Crippen LogP contribution in [0.2, 0.25) is 0 Å². The number of quaternary nitrogens is 1. The van der Waals surface area contributed by atoms with Crippen molar-refractivity contribution in [1.82, 2.24) is 6.15 Å². The van der Waals surface area contributed by atoms with Crippen LogP contribution in [0, 0.1) is 0 Å². The van der Waals surface area contributed by atoms with E-state index in [-0.39, 0.29) is 23.2 Å². The van der Waals surface area contributed by atoms with Crippen LogP contribution in [0.4, 0.5) is 9.59 Å². The molecule has 0 spiro atoms. The molecule has 0 amide bonds. The third-order valence-electron chi connectivity index (χ3n) is 0. The van der Waals surface area contributed by atoms with E-state index in [0.717, 1.165) is 0 Å². The molecule has 0 aromatic carbocycles. The van der Waals surface area contributed by atoms with Gasteiger partial charge in [-0.25, -0.2) is 0 Å². The molecule has 10 heavy (non-hydrogen) atoms. The van der Waals surface area contributed by atoms with E-state index in [1.165, 1.54) is 0 Å². The molecule has 0 heterocycles. The molecule has 7 nitrogen and oxygen atoms in total. The molecule has 1 radical (unpaired) electrons. The Morgan fingerprint density at radius 2 is 0.800 bits per heavy atom. The number of carboxylic acid groups (broad SMARTS) is 4. The first-order chi connectivity index (χ1) is 3.46. The smallest absolute Gasteiger partial charge is 0.652 e. The molecule has 0 bridgehead atoms. The molecule has 61 valence electrons. The Morgan fingerprint density at radius 3 is 0.800 bits per heavy atom. The van der Waals surface area contributed by atoms with Gasteiger partial charge < -0.3 is 36.2 Å². The van der Waals surface area contributed by atoms with Gasteiger partial charge in [-0.2, -0.15) is 0 Å². The molecule has 0 aliphatic rings. The largest absolute Gasteiger partial charge is 3.00 e. The molecule has 0 unspecified atom stereocenters. The Labute approximate surface area is 66.3 Å². The molecule has 8 heteroatoms. The number of carbonyl (C=O) groups excluding carboxylic acids is 2. The van der Waals surface area contributed by atoms with Crippen molar-refractivity contribution in [2.75, 3.05) is 0 Å². The summed E-state index contributed by atoms with van der Waals surface area (Å²) in [7, 11) is 0. The van der Waals surface area contributed by atoms with Crippen LogP contribution in [-0.4, -0.2) is 12.3 Å². The number of hydrogen-bond acceptors (Lipinski definition) is 6. The first-order valence-corrected chi connectivity index (χ1v) is 1.22. The van der Waals surface area contributed by atoms with Crippen LogP contribution in [0.3, 0.4) is 0 Å². The van der Waals surface area contributed by atoms with Crippen molar-refractivity contribution >= 4 is 12.3 Å². The summed E-state index contributed by atoms with van der Waals surface area (Å²) in [6, 6.07) is 0. The van der Waals surface area contributed by atoms with Gasteiger partial charge >= 0.3 is 17.1 Å². The fraction of sp³-hybridized carbons (Fsp3) is 0. The van der Waals surface area contributed by atoms with Crippen molar-refractivity contribution < 1.29 is 47.1 Å². The average molecular weight is 194 g/mol. The summed E-state index contributed by atoms with van der Waals surface area (Å²) in [5.74, 6) is 0. The van der Waals surface area contributed by atoms with Gasteiger partial charge in [0, 0.05) is 0 Å². The third-order valence-corrected chi connectivity index (χ3v) is 0. The Balaban J connectivity index is -0.0000000300. The van der Waals surface area contributed by atoms with E-state index in [0.29, 0.717) is 0 Å². The fourth-order valence-electron chi connectivity index (χ4n) is 0. The van der Waals surface area contributed by atoms with Gasteiger partial charge in [-0.05, 0) is 12.3 Å². The monoisotopic (exact) mass is 194 g/mol. The molecule has 4 N–H and O–H groups in total. The van der Waals surface area contributed by atoms with Gasteiger partial charge in [0.25, 0.3) is 0 Å². The zero-order valence-corrected chi connectivity index (χ0v) is 5.91. The van der Waals surface area contributed by atoms with Crippen LogP contribution in [0.5, 0.6) is 0 Å². The van der Waals surface area contributed by atoms with Crippen LogP contribution in [-0.2, 0) is 17.1 Å². The van der Waals surface area contributed by atoms with E-state index < -0.39 is 12.3 Å². The molecular formula is C2H4FeNO6. The van der Waals surface area contributed by atoms with Gasteiger partial charge in [-0.3, -0.25) is 0 Å². The standard InChI is InChI=1S/2CH2O3.Fe.H3N/c2*2-1(3)4;;/h2*(H2,2,3,4);;1H3/q;;+3;/p-3. The number of carbonyl (C=O) groups is 2. The first kappa shape index (κ1) is 23.0. The topological polar surface area (TPSA) is 163 Å². The molecule has 0 rings (SSSR count). The summed E-state index contributed by atoms with van der Waals surface area (Å²) in [6.45, 7) is 0. The van der Waals surface area contributed by atoms with E-state index in [4.69, 9.17) is 30.0 Å². The van der Waals surface area contributed by atoms with Crippen LogP contribution < -0.4 is 26.6 Å². The summed E-state index contributed by atoms with van der Waals surface area (Å²) < 4.78 is 0. The van der Waals surface area contributed by atoms with Crippen LogP contribution in [0.15, 0.2) is 0 Å². The maximum absolute atomic E-state index is 8.33. The van der Waals surface area contributed by atoms with Gasteiger partial charge in [-0.1, -0.05) is 0 Å². The number of rotatable bonds is 0. The van der Waals surface area contributed by atoms with Crippen molar-refractivity contribution in [3.05, 3.63) is 0 Å². The summed E-state index contributed by atoms with van der Waals surface area (Å²) in [6.07, 6.45) is -4.67. The second-order valence-electron chi connectivity index (χ2n) is 0.500. The summed E-state index contributed by atoms with van der Waals surface area (Å²) in [4.78, 5) is 16.7. The maximum atomic E-state index is 8.33. The van der Waals surface area contributed by atoms with Crippen molar-refractivity contribution in [2.24, 2.45) is 0 Å². The Morgan fingerprint density at radius 1 is 0.800 bits per heavy atom. The molecule has 0 aliphatic carbocycles. The molecular weight excluding hydrogens is 190 g/mol. The van der Waals surface area contributed by atoms with Crippen LogP contribution >= 0.6 is 0 Å². The molecule has 0 saturated heterocycles. The van der Waals surface area contributed by atoms with Gasteiger partial charge in [0.05, 0.1) is 0 Å². The molecule has 0 atom stereocenters. The maximum Gasteiger partial charge on any atom is 3.00 e. The van der Waals surface area contributed by atoms with Crippen LogP contribution in [0.25, 0.3) is 0 Å². The summed E-state index contributed by atoms with van der Waals surface area (Å²) in [5.41, 5.74) is 0. The average Bonchev–Trinajstić information content (AvgIpc) is 1.25. The molecule has 0 saturated carbocycles. The Kier molecular flexibility index (Phi) is 36.1. The third kappa shape index (κ3) is 265. The number of hydrogen-bond donors (Lipinski definition) is 1. The van der Waals surface area contributed by atoms with Crippen molar-refractivity contribution in [2.45, 2.75) is 0 Å². The SMILES string of the molecule is O=C([O-])[O-].O=C([O-])[O-].[Fe+3].[NH4+]. The van der Waals surface area contributed by atoms with Gasteiger partial charge in [0.2, 0.25) is 0 Å². The first-order valence-electron chi connectivity index (χ1n) is 1.22. The fourth-order valence-corrected chi connectivity index (χ4v) is 0. The van der Waals surface area contributed by atoms with Gasteiger partial charge in [-0.15, -0.1) is 0 Å². The normalized spacial score (nSPS) is 4.80. The van der Waals surface area contributed by atoms with Gasteiger partial charge in [0.15, 0.2) is 0 Å². The van der Waals surface area contributed by atoms with Crippen LogP contribution in [0.1, 0.15) is 0 Å². The zero-order chi connectivity index (χ0) is 7.15. The molecule has 0 fully saturated rings. The van der Waals surface area contributed by atoms with E-state index in [1.54, 1.807) is 0 Å². The minimum absolute atomic E-state index is 0. The van der Waals surface area contributed by atoms with Crippen molar-refractivity contribution in [3.8, 4) is 0 Å². The van der Waals surface area contributed by atoms with E-state index >= 15 is 0 Å². The second kappa shape index (κ2) is 15.7. The van der Waals surface area contributed by atoms with Crippen molar-refractivity contribution in [3.63, 3.8) is 0 Å². The second-order valence-corrected chi connectivity index (χ2v) is 0.500. The predicted molar refractivity (Wildman–Crippen MR) is 16.8 cm³/mol. The van der Waals surface area contributed by atoms with E-state index in [9.17, 15) is 0 Å². The Bertz CT molecular complexity index is 73.7. The molecule has 0 aromatic rings. The minimum atomic E-state index is -2.33. The predicted octanol–water partition coefficient (Wildman–Crippen LogP) is -4.52. The Hall–Kier alpha value is -0.981.